The number of hydrogen-bond donors (Lipinski definition) is 1. The molecule has 1 unspecified atom stereocenters. The van der Waals surface area contributed by atoms with E-state index in [1.165, 1.54) is 11.1 Å². The minimum atomic E-state index is -0.546. The lowest BCUT2D eigenvalue weighted by molar-refractivity contribution is -0.122. The highest BCUT2D eigenvalue weighted by Crippen LogP contribution is 2.39. The minimum absolute atomic E-state index is 0.0425. The number of benzene rings is 2. The monoisotopic (exact) mass is 394 g/mol. The molecule has 2 aromatic carbocycles. The summed E-state index contributed by atoms with van der Waals surface area (Å²) >= 11 is 0. The summed E-state index contributed by atoms with van der Waals surface area (Å²) in [5, 5.41) is 2.95. The highest BCUT2D eigenvalue weighted by molar-refractivity contribution is 5.94. The van der Waals surface area contributed by atoms with Crippen LogP contribution in [0.5, 0.6) is 5.75 Å². The summed E-state index contributed by atoms with van der Waals surface area (Å²) in [7, 11) is 0. The summed E-state index contributed by atoms with van der Waals surface area (Å²) in [6, 6.07) is 16.7. The number of ether oxygens (including phenoxy) is 1. The number of amides is 1. The van der Waals surface area contributed by atoms with Crippen LogP contribution in [0.4, 0.5) is 5.69 Å². The third-order valence-corrected chi connectivity index (χ3v) is 6.18. The zero-order valence-corrected chi connectivity index (χ0v) is 19.1. The first-order valence-corrected chi connectivity index (χ1v) is 10.7. The molecule has 0 spiro atoms. The summed E-state index contributed by atoms with van der Waals surface area (Å²) in [5.41, 5.74) is 3.29. The second kappa shape index (κ2) is 9.47. The van der Waals surface area contributed by atoms with Gasteiger partial charge in [-0.05, 0) is 59.9 Å². The van der Waals surface area contributed by atoms with Gasteiger partial charge in [-0.15, -0.1) is 0 Å². The molecule has 1 N–H and O–H groups in total. The quantitative estimate of drug-likeness (QED) is 0.516. The fraction of sp³-hybridized carbons (Fsp3) is 0.500. The molecule has 1 radical (unpaired) electrons. The SMILES string of the molecule is CCC(Oc1ccc(C(C)(C)CC)cc1C(C)(C)CC)C(=O)Nc1cc[c]cc1. The molecule has 0 heterocycles. The average Bonchev–Trinajstić information content (AvgIpc) is 2.72. The zero-order chi connectivity index (χ0) is 21.7. The van der Waals surface area contributed by atoms with Crippen LogP contribution >= 0.6 is 0 Å². The second-order valence-corrected chi connectivity index (χ2v) is 8.98. The molecule has 0 saturated carbocycles. The minimum Gasteiger partial charge on any atom is -0.480 e. The van der Waals surface area contributed by atoms with Crippen LogP contribution in [0.3, 0.4) is 0 Å². The summed E-state index contributed by atoms with van der Waals surface area (Å²) < 4.78 is 6.30. The Labute approximate surface area is 176 Å². The molecule has 0 aliphatic heterocycles. The van der Waals surface area contributed by atoms with Crippen LogP contribution in [-0.4, -0.2) is 12.0 Å². The standard InChI is InChI=1S/C26H36NO2/c1-8-22(24(28)27-20-14-12-11-13-15-20)29-23-17-16-19(25(4,5)9-2)18-21(23)26(6,7)10-3/h12-18,22H,8-10H2,1-7H3,(H,27,28). The van der Waals surface area contributed by atoms with Gasteiger partial charge in [-0.3, -0.25) is 4.79 Å². The highest BCUT2D eigenvalue weighted by atomic mass is 16.5. The Morgan fingerprint density at radius 1 is 1.00 bits per heavy atom. The molecule has 0 aliphatic carbocycles. The van der Waals surface area contributed by atoms with Crippen molar-refractivity contribution in [2.45, 2.75) is 84.7 Å². The van der Waals surface area contributed by atoms with Crippen LogP contribution in [0.15, 0.2) is 42.5 Å². The first-order chi connectivity index (χ1) is 13.6. The summed E-state index contributed by atoms with van der Waals surface area (Å²) in [6.07, 6.45) is 2.10. The van der Waals surface area contributed by atoms with E-state index < -0.39 is 6.10 Å². The molecule has 3 nitrogen and oxygen atoms in total. The van der Waals surface area contributed by atoms with Crippen LogP contribution in [0.25, 0.3) is 0 Å². The van der Waals surface area contributed by atoms with Crippen molar-refractivity contribution in [3.63, 3.8) is 0 Å². The largest absolute Gasteiger partial charge is 0.480 e. The van der Waals surface area contributed by atoms with Gasteiger partial charge in [0.15, 0.2) is 6.10 Å². The van der Waals surface area contributed by atoms with Gasteiger partial charge in [0.05, 0.1) is 0 Å². The van der Waals surface area contributed by atoms with Crippen molar-refractivity contribution < 1.29 is 9.53 Å². The van der Waals surface area contributed by atoms with E-state index in [0.717, 1.165) is 24.3 Å². The number of nitrogens with one attached hydrogen (secondary N) is 1. The average molecular weight is 395 g/mol. The van der Waals surface area contributed by atoms with Crippen molar-refractivity contribution in [2.75, 3.05) is 5.32 Å². The Bertz CT molecular complexity index is 809. The first-order valence-electron chi connectivity index (χ1n) is 10.7. The van der Waals surface area contributed by atoms with Gasteiger partial charge < -0.3 is 10.1 Å². The number of carbonyl (C=O) groups excluding carboxylic acids is 1. The van der Waals surface area contributed by atoms with Gasteiger partial charge in [-0.1, -0.05) is 72.7 Å². The number of carbonyl (C=O) groups is 1. The lowest BCUT2D eigenvalue weighted by Gasteiger charge is -2.31. The van der Waals surface area contributed by atoms with E-state index in [-0.39, 0.29) is 16.7 Å². The Kier molecular flexibility index (Phi) is 7.51. The van der Waals surface area contributed by atoms with Gasteiger partial charge in [0.25, 0.3) is 5.91 Å². The summed E-state index contributed by atoms with van der Waals surface area (Å²) in [6.45, 7) is 15.4. The topological polar surface area (TPSA) is 38.3 Å². The smallest absolute Gasteiger partial charge is 0.265 e. The zero-order valence-electron chi connectivity index (χ0n) is 19.1. The van der Waals surface area contributed by atoms with Crippen LogP contribution in [0.1, 0.15) is 78.9 Å². The first kappa shape index (κ1) is 23.0. The molecule has 2 aromatic rings. The molecular weight excluding hydrogens is 358 g/mol. The molecule has 2 rings (SSSR count). The van der Waals surface area contributed by atoms with Crippen molar-refractivity contribution in [2.24, 2.45) is 0 Å². The summed E-state index contributed by atoms with van der Waals surface area (Å²) in [5.74, 6) is 0.674. The van der Waals surface area contributed by atoms with Gasteiger partial charge in [-0.25, -0.2) is 0 Å². The lowest BCUT2D eigenvalue weighted by Crippen LogP contribution is -2.33. The normalized spacial score (nSPS) is 13.1. The molecule has 0 saturated heterocycles. The van der Waals surface area contributed by atoms with Crippen molar-refractivity contribution >= 4 is 11.6 Å². The second-order valence-electron chi connectivity index (χ2n) is 8.98. The Morgan fingerprint density at radius 2 is 1.62 bits per heavy atom. The Morgan fingerprint density at radius 3 is 2.17 bits per heavy atom. The van der Waals surface area contributed by atoms with E-state index in [4.69, 9.17) is 4.74 Å². The van der Waals surface area contributed by atoms with E-state index in [9.17, 15) is 4.79 Å². The van der Waals surface area contributed by atoms with E-state index in [2.05, 4.69) is 65.1 Å². The molecule has 1 atom stereocenters. The Hall–Kier alpha value is -2.29. The maximum absolute atomic E-state index is 12.8. The predicted octanol–water partition coefficient (Wildman–Crippen LogP) is 6.66. The van der Waals surface area contributed by atoms with Crippen molar-refractivity contribution in [1.82, 2.24) is 0 Å². The van der Waals surface area contributed by atoms with E-state index in [1.807, 2.05) is 25.1 Å². The van der Waals surface area contributed by atoms with Crippen LogP contribution in [0, 0.1) is 6.07 Å². The molecule has 3 heteroatoms. The van der Waals surface area contributed by atoms with E-state index in [0.29, 0.717) is 6.42 Å². The van der Waals surface area contributed by atoms with Crippen LogP contribution < -0.4 is 10.1 Å². The molecule has 1 amide bonds. The number of rotatable bonds is 9. The van der Waals surface area contributed by atoms with E-state index in [1.54, 1.807) is 12.1 Å². The van der Waals surface area contributed by atoms with Gasteiger partial charge in [0, 0.05) is 11.3 Å². The lowest BCUT2D eigenvalue weighted by atomic mass is 9.76. The van der Waals surface area contributed by atoms with Crippen molar-refractivity contribution in [3.8, 4) is 5.75 Å². The molecule has 0 aliphatic rings. The molecule has 0 fully saturated rings. The predicted molar refractivity (Wildman–Crippen MR) is 122 cm³/mol. The molecular formula is C26H36NO2. The third kappa shape index (κ3) is 5.62. The molecule has 157 valence electrons. The maximum Gasteiger partial charge on any atom is 0.265 e. The fourth-order valence-corrected chi connectivity index (χ4v) is 3.15. The van der Waals surface area contributed by atoms with Gasteiger partial charge in [0.2, 0.25) is 0 Å². The molecule has 29 heavy (non-hydrogen) atoms. The van der Waals surface area contributed by atoms with Gasteiger partial charge >= 0.3 is 0 Å². The number of hydrogen-bond acceptors (Lipinski definition) is 2. The summed E-state index contributed by atoms with van der Waals surface area (Å²) in [4.78, 5) is 12.8. The fourth-order valence-electron chi connectivity index (χ4n) is 3.15. The molecule has 0 aromatic heterocycles. The van der Waals surface area contributed by atoms with E-state index >= 15 is 0 Å². The van der Waals surface area contributed by atoms with Crippen molar-refractivity contribution in [3.05, 3.63) is 59.7 Å². The highest BCUT2D eigenvalue weighted by Gasteiger charge is 2.28. The van der Waals surface area contributed by atoms with Crippen LogP contribution in [-0.2, 0) is 15.6 Å². The third-order valence-electron chi connectivity index (χ3n) is 6.18. The number of anilines is 1. The molecule has 0 bridgehead atoms. The van der Waals surface area contributed by atoms with Crippen LogP contribution in [0.2, 0.25) is 0 Å². The van der Waals surface area contributed by atoms with Gasteiger partial charge in [-0.2, -0.15) is 0 Å². The van der Waals surface area contributed by atoms with Gasteiger partial charge in [0.1, 0.15) is 5.75 Å². The van der Waals surface area contributed by atoms with Crippen molar-refractivity contribution in [1.29, 1.82) is 0 Å². The maximum atomic E-state index is 12.8. The Balaban J connectivity index is 2.35.